The second kappa shape index (κ2) is 8.47. The number of hydrogen-bond donors (Lipinski definition) is 0. The number of thiophene rings is 1. The van der Waals surface area contributed by atoms with E-state index in [-0.39, 0.29) is 5.56 Å². The van der Waals surface area contributed by atoms with E-state index in [0.29, 0.717) is 35.7 Å². The molecule has 9 heteroatoms. The van der Waals surface area contributed by atoms with Gasteiger partial charge in [0.25, 0.3) is 5.56 Å². The Morgan fingerprint density at radius 3 is 2.71 bits per heavy atom. The summed E-state index contributed by atoms with van der Waals surface area (Å²) in [6.45, 7) is 4.52. The number of benzene rings is 1. The number of nitrogens with zero attached hydrogens (tertiary/aromatic N) is 4. The molecule has 4 aromatic rings. The normalized spacial score (nSPS) is 13.1. The van der Waals surface area contributed by atoms with Gasteiger partial charge >= 0.3 is 0 Å². The first-order valence-corrected chi connectivity index (χ1v) is 12.2. The van der Waals surface area contributed by atoms with Crippen LogP contribution in [0.2, 0.25) is 0 Å². The first kappa shape index (κ1) is 20.3. The summed E-state index contributed by atoms with van der Waals surface area (Å²) in [6, 6.07) is 7.57. The molecule has 0 fully saturated rings. The van der Waals surface area contributed by atoms with Gasteiger partial charge in [-0.25, -0.2) is 4.98 Å². The molecule has 0 N–H and O–H groups in total. The van der Waals surface area contributed by atoms with Crippen LogP contribution in [-0.4, -0.2) is 26.4 Å². The third kappa shape index (κ3) is 3.76. The van der Waals surface area contributed by atoms with E-state index in [1.807, 2.05) is 38.1 Å². The number of fused-ring (bicyclic) bond motifs is 3. The van der Waals surface area contributed by atoms with Gasteiger partial charge in [0.2, 0.25) is 11.8 Å². The molecule has 1 aliphatic carbocycles. The van der Waals surface area contributed by atoms with Crippen LogP contribution < -0.4 is 10.3 Å². The Labute approximate surface area is 187 Å². The zero-order valence-electron chi connectivity index (χ0n) is 17.4. The van der Waals surface area contributed by atoms with E-state index in [1.54, 1.807) is 15.9 Å². The molecule has 1 aromatic carbocycles. The lowest BCUT2D eigenvalue weighted by molar-refractivity contribution is 0.340. The predicted octanol–water partition coefficient (Wildman–Crippen LogP) is 4.57. The third-order valence-corrected chi connectivity index (χ3v) is 7.36. The molecule has 31 heavy (non-hydrogen) atoms. The molecule has 0 aliphatic heterocycles. The molecule has 160 valence electrons. The van der Waals surface area contributed by atoms with Crippen molar-refractivity contribution in [3.05, 3.63) is 56.8 Å². The smallest absolute Gasteiger partial charge is 0.267 e. The van der Waals surface area contributed by atoms with Gasteiger partial charge in [-0.1, -0.05) is 18.7 Å². The summed E-state index contributed by atoms with van der Waals surface area (Å²) in [5.41, 5.74) is 1.93. The van der Waals surface area contributed by atoms with Crippen molar-refractivity contribution in [1.29, 1.82) is 0 Å². The molecular formula is C22H22N4O3S2. The Morgan fingerprint density at radius 1 is 1.16 bits per heavy atom. The molecule has 0 saturated carbocycles. The van der Waals surface area contributed by atoms with E-state index in [0.717, 1.165) is 40.9 Å². The molecule has 1 aliphatic rings. The monoisotopic (exact) mass is 454 g/mol. The standard InChI is InChI=1S/C22H22N4O3S2/c1-3-17-24-25-18(29-17)12-30-22-23-20-19(15-6-5-7-16(15)31-20)21(27)26(22)13-8-10-14(11-9-13)28-4-2/h8-11H,3-7,12H2,1-2H3. The van der Waals surface area contributed by atoms with E-state index in [2.05, 4.69) is 10.2 Å². The Balaban J connectivity index is 1.60. The number of rotatable bonds is 7. The maximum Gasteiger partial charge on any atom is 0.267 e. The lowest BCUT2D eigenvalue weighted by atomic mass is 10.2. The van der Waals surface area contributed by atoms with E-state index in [1.165, 1.54) is 22.2 Å². The fourth-order valence-corrected chi connectivity index (χ4v) is 5.98. The van der Waals surface area contributed by atoms with Gasteiger partial charge < -0.3 is 9.15 Å². The largest absolute Gasteiger partial charge is 0.494 e. The molecule has 0 radical (unpaired) electrons. The Morgan fingerprint density at radius 2 is 1.97 bits per heavy atom. The van der Waals surface area contributed by atoms with Crippen LogP contribution in [-0.2, 0) is 25.0 Å². The Bertz CT molecular complexity index is 1290. The molecule has 5 rings (SSSR count). The van der Waals surface area contributed by atoms with Crippen LogP contribution in [0.1, 0.15) is 42.5 Å². The fourth-order valence-electron chi connectivity index (χ4n) is 3.82. The number of aromatic nitrogens is 4. The maximum absolute atomic E-state index is 13.7. The Kier molecular flexibility index (Phi) is 5.54. The van der Waals surface area contributed by atoms with Crippen LogP contribution in [0.4, 0.5) is 0 Å². The zero-order valence-corrected chi connectivity index (χ0v) is 19.0. The summed E-state index contributed by atoms with van der Waals surface area (Å²) < 4.78 is 12.9. The highest BCUT2D eigenvalue weighted by Gasteiger charge is 2.24. The topological polar surface area (TPSA) is 83.0 Å². The van der Waals surface area contributed by atoms with Gasteiger partial charge in [0.1, 0.15) is 10.6 Å². The van der Waals surface area contributed by atoms with Crippen molar-refractivity contribution in [2.45, 2.75) is 50.4 Å². The molecule has 7 nitrogen and oxygen atoms in total. The van der Waals surface area contributed by atoms with Crippen molar-refractivity contribution < 1.29 is 9.15 Å². The van der Waals surface area contributed by atoms with Crippen LogP contribution >= 0.6 is 23.1 Å². The highest BCUT2D eigenvalue weighted by atomic mass is 32.2. The van der Waals surface area contributed by atoms with Crippen LogP contribution in [0, 0.1) is 0 Å². The van der Waals surface area contributed by atoms with Gasteiger partial charge in [-0.2, -0.15) is 0 Å². The molecule has 0 amide bonds. The number of thioether (sulfide) groups is 1. The first-order valence-electron chi connectivity index (χ1n) is 10.4. The summed E-state index contributed by atoms with van der Waals surface area (Å²) in [5.74, 6) is 2.37. The third-order valence-electron chi connectivity index (χ3n) is 5.25. The molecule has 0 saturated heterocycles. The predicted molar refractivity (Wildman–Crippen MR) is 122 cm³/mol. The maximum atomic E-state index is 13.7. The van der Waals surface area contributed by atoms with Gasteiger partial charge in [-0.15, -0.1) is 21.5 Å². The second-order valence-corrected chi connectivity index (χ2v) is 9.26. The molecule has 3 aromatic heterocycles. The summed E-state index contributed by atoms with van der Waals surface area (Å²) in [4.78, 5) is 20.7. The quantitative estimate of drug-likeness (QED) is 0.299. The SMILES string of the molecule is CCOc1ccc(-n2c(SCc3nnc(CC)o3)nc3sc4c(c3c2=O)CCC4)cc1. The summed E-state index contributed by atoms with van der Waals surface area (Å²) in [5, 5.41) is 9.51. The number of hydrogen-bond acceptors (Lipinski definition) is 8. The van der Waals surface area contributed by atoms with Crippen LogP contribution in [0.15, 0.2) is 38.6 Å². The first-order chi connectivity index (χ1) is 15.2. The van der Waals surface area contributed by atoms with Crippen molar-refractivity contribution >= 4 is 33.3 Å². The molecule has 0 bridgehead atoms. The van der Waals surface area contributed by atoms with Crippen LogP contribution in [0.3, 0.4) is 0 Å². The van der Waals surface area contributed by atoms with Crippen molar-refractivity contribution in [3.8, 4) is 11.4 Å². The average molecular weight is 455 g/mol. The van der Waals surface area contributed by atoms with Gasteiger partial charge in [0.15, 0.2) is 5.16 Å². The lowest BCUT2D eigenvalue weighted by Gasteiger charge is -2.12. The van der Waals surface area contributed by atoms with E-state index in [9.17, 15) is 4.79 Å². The van der Waals surface area contributed by atoms with Crippen molar-refractivity contribution in [2.75, 3.05) is 6.61 Å². The van der Waals surface area contributed by atoms with Crippen molar-refractivity contribution in [2.24, 2.45) is 0 Å². The van der Waals surface area contributed by atoms with Gasteiger partial charge in [-0.05, 0) is 56.0 Å². The molecule has 0 spiro atoms. The molecule has 0 unspecified atom stereocenters. The fraction of sp³-hybridized carbons (Fsp3) is 0.364. The molecular weight excluding hydrogens is 432 g/mol. The summed E-state index contributed by atoms with van der Waals surface area (Å²) in [7, 11) is 0. The van der Waals surface area contributed by atoms with E-state index < -0.39 is 0 Å². The average Bonchev–Trinajstić information content (AvgIpc) is 3.49. The van der Waals surface area contributed by atoms with Crippen LogP contribution in [0.5, 0.6) is 5.75 Å². The van der Waals surface area contributed by atoms with E-state index >= 15 is 0 Å². The van der Waals surface area contributed by atoms with Crippen molar-refractivity contribution in [3.63, 3.8) is 0 Å². The Hall–Kier alpha value is -2.65. The minimum absolute atomic E-state index is 0.0177. The highest BCUT2D eigenvalue weighted by molar-refractivity contribution is 7.98. The highest BCUT2D eigenvalue weighted by Crippen LogP contribution is 2.36. The van der Waals surface area contributed by atoms with Crippen molar-refractivity contribution in [1.82, 2.24) is 19.7 Å². The van der Waals surface area contributed by atoms with Gasteiger partial charge in [-0.3, -0.25) is 9.36 Å². The van der Waals surface area contributed by atoms with Crippen LogP contribution in [0.25, 0.3) is 15.9 Å². The lowest BCUT2D eigenvalue weighted by Crippen LogP contribution is -2.21. The van der Waals surface area contributed by atoms with Gasteiger partial charge in [0, 0.05) is 11.3 Å². The molecule has 3 heterocycles. The number of aryl methyl sites for hydroxylation is 3. The second-order valence-electron chi connectivity index (χ2n) is 7.23. The van der Waals surface area contributed by atoms with E-state index in [4.69, 9.17) is 14.1 Å². The minimum atomic E-state index is -0.0177. The van der Waals surface area contributed by atoms with Gasteiger partial charge in [0.05, 0.1) is 23.4 Å². The molecule has 0 atom stereocenters. The summed E-state index contributed by atoms with van der Waals surface area (Å²) in [6.07, 6.45) is 3.78. The minimum Gasteiger partial charge on any atom is -0.494 e. The number of ether oxygens (including phenoxy) is 1. The zero-order chi connectivity index (χ0) is 21.4. The summed E-state index contributed by atoms with van der Waals surface area (Å²) >= 11 is 3.08.